The van der Waals surface area contributed by atoms with Gasteiger partial charge in [0.15, 0.2) is 0 Å². The Labute approximate surface area is 92.8 Å². The molecule has 0 aliphatic carbocycles. The molecule has 1 aliphatic rings. The molecule has 0 aromatic heterocycles. The van der Waals surface area contributed by atoms with Gasteiger partial charge in [-0.05, 0) is 17.7 Å². The minimum Gasteiger partial charge on any atom is -0.369 e. The quantitative estimate of drug-likeness (QED) is 0.653. The predicted molar refractivity (Wildman–Crippen MR) is 58.3 cm³/mol. The fraction of sp³-hybridized carbons (Fsp3) is 0.167. The molecule has 80 valence electrons. The normalized spacial score (nSPS) is 12.4. The monoisotopic (exact) mass is 214 g/mol. The number of nitrogens with two attached hydrogens (primary N) is 1. The van der Waals surface area contributed by atoms with Crippen LogP contribution in [-0.2, 0) is 11.3 Å². The van der Waals surface area contributed by atoms with Gasteiger partial charge in [-0.15, -0.1) is 0 Å². The van der Waals surface area contributed by atoms with E-state index in [0.29, 0.717) is 12.1 Å². The zero-order chi connectivity index (χ0) is 11.5. The second kappa shape index (κ2) is 4.07. The van der Waals surface area contributed by atoms with Crippen molar-refractivity contribution in [2.24, 2.45) is 5.73 Å². The third-order valence-electron chi connectivity index (χ3n) is 2.29. The average molecular weight is 214 g/mol. The molecule has 0 saturated carbocycles. The van der Waals surface area contributed by atoms with Crippen molar-refractivity contribution in [1.82, 2.24) is 5.32 Å². The van der Waals surface area contributed by atoms with E-state index in [1.54, 1.807) is 6.07 Å². The number of carbonyl (C=O) groups is 2. The Morgan fingerprint density at radius 3 is 3.06 bits per heavy atom. The Kier molecular flexibility index (Phi) is 2.61. The van der Waals surface area contributed by atoms with E-state index in [2.05, 4.69) is 17.2 Å². The highest BCUT2D eigenvalue weighted by Gasteiger charge is 2.17. The van der Waals surface area contributed by atoms with Gasteiger partial charge in [-0.1, -0.05) is 17.9 Å². The van der Waals surface area contributed by atoms with E-state index in [9.17, 15) is 9.59 Å². The number of carbonyl (C=O) groups excluding carboxylic acids is 2. The standard InChI is InChI=1S/C12H10N2O2/c13-11(15)3-1-2-8-4-5-9-7-14-12(16)10(9)6-8/h4-6H,3,7H2,(H2,13,15)(H,14,16). The van der Waals surface area contributed by atoms with Crippen LogP contribution in [0, 0.1) is 11.8 Å². The SMILES string of the molecule is NC(=O)CC#Cc1ccc2c(c1)C(=O)NC2. The molecule has 0 spiro atoms. The van der Waals surface area contributed by atoms with Gasteiger partial charge in [0.2, 0.25) is 5.91 Å². The van der Waals surface area contributed by atoms with Gasteiger partial charge in [0.1, 0.15) is 0 Å². The Bertz CT molecular complexity index is 524. The largest absolute Gasteiger partial charge is 0.369 e. The lowest BCUT2D eigenvalue weighted by Crippen LogP contribution is -2.12. The zero-order valence-electron chi connectivity index (χ0n) is 8.54. The lowest BCUT2D eigenvalue weighted by Gasteiger charge is -1.95. The van der Waals surface area contributed by atoms with Crippen LogP contribution >= 0.6 is 0 Å². The zero-order valence-corrected chi connectivity index (χ0v) is 8.54. The molecule has 0 unspecified atom stereocenters. The van der Waals surface area contributed by atoms with Crippen molar-refractivity contribution in [2.45, 2.75) is 13.0 Å². The summed E-state index contributed by atoms with van der Waals surface area (Å²) in [5.41, 5.74) is 7.32. The average Bonchev–Trinajstić information content (AvgIpc) is 2.60. The van der Waals surface area contributed by atoms with Gasteiger partial charge < -0.3 is 11.1 Å². The number of nitrogens with one attached hydrogen (secondary N) is 1. The van der Waals surface area contributed by atoms with E-state index >= 15 is 0 Å². The van der Waals surface area contributed by atoms with Crippen molar-refractivity contribution in [3.63, 3.8) is 0 Å². The number of amides is 2. The maximum atomic E-state index is 11.4. The first-order chi connectivity index (χ1) is 7.66. The summed E-state index contributed by atoms with van der Waals surface area (Å²) in [4.78, 5) is 21.9. The molecule has 0 bridgehead atoms. The van der Waals surface area contributed by atoms with Gasteiger partial charge in [-0.3, -0.25) is 9.59 Å². The molecular formula is C12H10N2O2. The fourth-order valence-corrected chi connectivity index (χ4v) is 1.52. The topological polar surface area (TPSA) is 72.2 Å². The Morgan fingerprint density at radius 1 is 1.50 bits per heavy atom. The summed E-state index contributed by atoms with van der Waals surface area (Å²) >= 11 is 0. The summed E-state index contributed by atoms with van der Waals surface area (Å²) in [7, 11) is 0. The van der Waals surface area contributed by atoms with E-state index in [1.807, 2.05) is 12.1 Å². The van der Waals surface area contributed by atoms with Gasteiger partial charge in [-0.25, -0.2) is 0 Å². The molecule has 4 heteroatoms. The Hall–Kier alpha value is -2.28. The number of primary amides is 1. The first kappa shape index (κ1) is 10.2. The second-order valence-corrected chi connectivity index (χ2v) is 3.50. The van der Waals surface area contributed by atoms with Crippen molar-refractivity contribution in [2.75, 3.05) is 0 Å². The van der Waals surface area contributed by atoms with Crippen molar-refractivity contribution in [3.8, 4) is 11.8 Å². The molecule has 2 amide bonds. The summed E-state index contributed by atoms with van der Waals surface area (Å²) in [5.74, 6) is 4.92. The molecule has 1 heterocycles. The van der Waals surface area contributed by atoms with Gasteiger partial charge in [0.05, 0.1) is 6.42 Å². The van der Waals surface area contributed by atoms with E-state index in [4.69, 9.17) is 5.73 Å². The number of rotatable bonds is 1. The molecule has 0 saturated heterocycles. The first-order valence-corrected chi connectivity index (χ1v) is 4.85. The predicted octanol–water partition coefficient (Wildman–Crippen LogP) is 0.157. The minimum absolute atomic E-state index is 0.0310. The highest BCUT2D eigenvalue weighted by atomic mass is 16.2. The molecular weight excluding hydrogens is 204 g/mol. The maximum Gasteiger partial charge on any atom is 0.251 e. The van der Waals surface area contributed by atoms with Gasteiger partial charge in [-0.2, -0.15) is 0 Å². The maximum absolute atomic E-state index is 11.4. The van der Waals surface area contributed by atoms with Crippen LogP contribution in [0.5, 0.6) is 0 Å². The molecule has 3 N–H and O–H groups in total. The van der Waals surface area contributed by atoms with Crippen molar-refractivity contribution < 1.29 is 9.59 Å². The van der Waals surface area contributed by atoms with Crippen molar-refractivity contribution in [3.05, 3.63) is 34.9 Å². The van der Waals surface area contributed by atoms with Crippen molar-refractivity contribution >= 4 is 11.8 Å². The summed E-state index contributed by atoms with van der Waals surface area (Å²) < 4.78 is 0. The van der Waals surface area contributed by atoms with E-state index in [0.717, 1.165) is 11.1 Å². The van der Waals surface area contributed by atoms with E-state index in [-0.39, 0.29) is 12.3 Å². The third-order valence-corrected chi connectivity index (χ3v) is 2.29. The lowest BCUT2D eigenvalue weighted by atomic mass is 10.1. The smallest absolute Gasteiger partial charge is 0.251 e. The Balaban J connectivity index is 2.24. The first-order valence-electron chi connectivity index (χ1n) is 4.85. The molecule has 16 heavy (non-hydrogen) atoms. The van der Waals surface area contributed by atoms with Gasteiger partial charge >= 0.3 is 0 Å². The van der Waals surface area contributed by atoms with Crippen LogP contribution in [-0.4, -0.2) is 11.8 Å². The van der Waals surface area contributed by atoms with Crippen molar-refractivity contribution in [1.29, 1.82) is 0 Å². The number of fused-ring (bicyclic) bond motifs is 1. The van der Waals surface area contributed by atoms with Crippen LogP contribution in [0.3, 0.4) is 0 Å². The van der Waals surface area contributed by atoms with E-state index < -0.39 is 5.91 Å². The summed E-state index contributed by atoms with van der Waals surface area (Å²) in [5, 5.41) is 2.73. The number of hydrogen-bond donors (Lipinski definition) is 2. The molecule has 1 aromatic carbocycles. The summed E-state index contributed by atoms with van der Waals surface area (Å²) in [6.45, 7) is 0.573. The highest BCUT2D eigenvalue weighted by molar-refractivity contribution is 5.98. The van der Waals surface area contributed by atoms with Crippen LogP contribution in [0.2, 0.25) is 0 Å². The molecule has 0 fully saturated rings. The summed E-state index contributed by atoms with van der Waals surface area (Å²) in [6, 6.07) is 5.42. The molecule has 0 radical (unpaired) electrons. The van der Waals surface area contributed by atoms with Crippen LogP contribution in [0.1, 0.15) is 27.9 Å². The van der Waals surface area contributed by atoms with Crippen LogP contribution in [0.4, 0.5) is 0 Å². The van der Waals surface area contributed by atoms with Crippen LogP contribution in [0.15, 0.2) is 18.2 Å². The summed E-state index contributed by atoms with van der Waals surface area (Å²) in [6.07, 6.45) is 0.0310. The molecule has 1 aromatic rings. The number of hydrogen-bond acceptors (Lipinski definition) is 2. The van der Waals surface area contributed by atoms with Gasteiger partial charge in [0, 0.05) is 17.7 Å². The molecule has 2 rings (SSSR count). The molecule has 1 aliphatic heterocycles. The highest BCUT2D eigenvalue weighted by Crippen LogP contribution is 2.16. The second-order valence-electron chi connectivity index (χ2n) is 3.50. The minimum atomic E-state index is -0.452. The third kappa shape index (κ3) is 2.04. The lowest BCUT2D eigenvalue weighted by molar-refractivity contribution is -0.117. The van der Waals surface area contributed by atoms with Crippen LogP contribution < -0.4 is 11.1 Å². The van der Waals surface area contributed by atoms with Crippen LogP contribution in [0.25, 0.3) is 0 Å². The molecule has 0 atom stereocenters. The Morgan fingerprint density at radius 2 is 2.31 bits per heavy atom. The number of benzene rings is 1. The molecule has 4 nitrogen and oxygen atoms in total. The fourth-order valence-electron chi connectivity index (χ4n) is 1.52. The van der Waals surface area contributed by atoms with Gasteiger partial charge in [0.25, 0.3) is 5.91 Å². The van der Waals surface area contributed by atoms with E-state index in [1.165, 1.54) is 0 Å².